The first-order valence-corrected chi connectivity index (χ1v) is 4.78. The molecule has 0 aliphatic carbocycles. The van der Waals surface area contributed by atoms with Gasteiger partial charge in [-0.3, -0.25) is 0 Å². The first kappa shape index (κ1) is 14.0. The zero-order valence-electron chi connectivity index (χ0n) is 7.84. The summed E-state index contributed by atoms with van der Waals surface area (Å²) in [6, 6.07) is 0. The van der Waals surface area contributed by atoms with Gasteiger partial charge >= 0.3 is 12.4 Å². The Labute approximate surface area is 94.4 Å². The summed E-state index contributed by atoms with van der Waals surface area (Å²) in [7, 11) is 0. The van der Waals surface area contributed by atoms with Crippen molar-refractivity contribution < 1.29 is 31.1 Å². The summed E-state index contributed by atoms with van der Waals surface area (Å²) < 4.78 is 76.2. The molecule has 17 heavy (non-hydrogen) atoms. The van der Waals surface area contributed by atoms with E-state index in [-0.39, 0.29) is 11.6 Å². The number of ether oxygens (including phenoxy) is 1. The third kappa shape index (κ3) is 3.70. The number of hydrogen-bond donors (Lipinski definition) is 1. The molecule has 1 aromatic heterocycles. The van der Waals surface area contributed by atoms with E-state index in [1.165, 1.54) is 0 Å². The molecule has 0 atom stereocenters. The zero-order valence-corrected chi connectivity index (χ0v) is 8.66. The number of aromatic nitrogens is 2. The molecule has 0 bridgehead atoms. The lowest BCUT2D eigenvalue weighted by molar-refractivity contribution is -0.299. The van der Waals surface area contributed by atoms with Crippen LogP contribution in [0.25, 0.3) is 0 Å². The van der Waals surface area contributed by atoms with Crippen molar-refractivity contribution in [3.05, 3.63) is 5.01 Å². The Morgan fingerprint density at radius 2 is 1.65 bits per heavy atom. The lowest BCUT2D eigenvalue weighted by Gasteiger charge is -2.21. The van der Waals surface area contributed by atoms with E-state index >= 15 is 0 Å². The van der Waals surface area contributed by atoms with Crippen LogP contribution in [0.2, 0.25) is 0 Å². The number of nitrogens with two attached hydrogens (primary N) is 1. The van der Waals surface area contributed by atoms with Gasteiger partial charge < -0.3 is 10.5 Å². The molecule has 0 aliphatic rings. The van der Waals surface area contributed by atoms with Gasteiger partial charge in [-0.05, 0) is 0 Å². The van der Waals surface area contributed by atoms with Crippen molar-refractivity contribution in [2.45, 2.75) is 25.0 Å². The molecule has 2 N–H and O–H groups in total. The normalized spacial score (nSPS) is 13.2. The molecule has 0 aromatic carbocycles. The third-order valence-corrected chi connectivity index (χ3v) is 2.27. The summed E-state index contributed by atoms with van der Waals surface area (Å²) in [5, 5.41) is 5.50. The molecule has 0 spiro atoms. The van der Waals surface area contributed by atoms with E-state index in [1.54, 1.807) is 0 Å². The molecule has 1 rings (SSSR count). The highest BCUT2D eigenvalue weighted by Gasteiger charge is 2.59. The van der Waals surface area contributed by atoms with Gasteiger partial charge in [-0.25, -0.2) is 0 Å². The summed E-state index contributed by atoms with van der Waals surface area (Å²) in [5.41, 5.74) is 5.07. The number of alkyl halides is 6. The fourth-order valence-corrected chi connectivity index (χ4v) is 1.38. The minimum atomic E-state index is -5.58. The Morgan fingerprint density at radius 3 is 2.00 bits per heavy atom. The third-order valence-electron chi connectivity index (χ3n) is 1.44. The van der Waals surface area contributed by atoms with E-state index in [2.05, 4.69) is 14.9 Å². The molecule has 0 saturated heterocycles. The summed E-state index contributed by atoms with van der Waals surface area (Å²) >= 11 is 0.424. The van der Waals surface area contributed by atoms with Crippen LogP contribution in [-0.4, -0.2) is 28.7 Å². The average molecular weight is 281 g/mol. The van der Waals surface area contributed by atoms with E-state index in [9.17, 15) is 26.3 Å². The van der Waals surface area contributed by atoms with Crippen molar-refractivity contribution in [1.82, 2.24) is 10.2 Å². The summed E-state index contributed by atoms with van der Waals surface area (Å²) in [6.45, 7) is -0.149. The Kier molecular flexibility index (Phi) is 3.81. The first-order chi connectivity index (χ1) is 7.64. The largest absolute Gasteiger partial charge is 0.446 e. The van der Waals surface area contributed by atoms with Gasteiger partial charge in [0.05, 0.1) is 0 Å². The minimum Gasteiger partial charge on any atom is -0.446 e. The molecule has 0 fully saturated rings. The fourth-order valence-electron chi connectivity index (χ4n) is 0.788. The maximum atomic E-state index is 12.1. The predicted octanol–water partition coefficient (Wildman–Crippen LogP) is 1.87. The Hall–Kier alpha value is -1.10. The lowest BCUT2D eigenvalue weighted by Crippen LogP contribution is -2.46. The molecular formula is C6H5F6N3OS. The van der Waals surface area contributed by atoms with E-state index < -0.39 is 23.7 Å². The van der Waals surface area contributed by atoms with Crippen LogP contribution in [0.5, 0.6) is 5.19 Å². The van der Waals surface area contributed by atoms with Gasteiger partial charge in [0.1, 0.15) is 5.01 Å². The van der Waals surface area contributed by atoms with E-state index in [0.29, 0.717) is 11.3 Å². The number of hydrogen-bond acceptors (Lipinski definition) is 5. The molecule has 4 nitrogen and oxygen atoms in total. The molecule has 98 valence electrons. The quantitative estimate of drug-likeness (QED) is 0.859. The average Bonchev–Trinajstić information content (AvgIpc) is 2.58. The van der Waals surface area contributed by atoms with Crippen LogP contribution in [0.3, 0.4) is 0 Å². The molecule has 1 aromatic rings. The van der Waals surface area contributed by atoms with Crippen LogP contribution < -0.4 is 10.5 Å². The van der Waals surface area contributed by atoms with Crippen LogP contribution in [0.1, 0.15) is 5.01 Å². The zero-order chi connectivity index (χ0) is 13.3. The summed E-state index contributed by atoms with van der Waals surface area (Å²) in [5.74, 6) is 0. The maximum Gasteiger partial charge on any atom is 0.434 e. The van der Waals surface area contributed by atoms with Crippen LogP contribution in [0, 0.1) is 0 Å². The van der Waals surface area contributed by atoms with E-state index in [0.717, 1.165) is 0 Å². The molecular weight excluding hydrogens is 276 g/mol. The molecule has 0 saturated carbocycles. The summed E-state index contributed by atoms with van der Waals surface area (Å²) in [4.78, 5) is 0. The van der Waals surface area contributed by atoms with Crippen LogP contribution in [0.15, 0.2) is 0 Å². The molecule has 11 heteroatoms. The number of halogens is 6. The van der Waals surface area contributed by atoms with Crippen LogP contribution in [-0.2, 0) is 6.54 Å². The Balaban J connectivity index is 2.87. The molecule has 0 radical (unpaired) electrons. The van der Waals surface area contributed by atoms with Gasteiger partial charge in [-0.1, -0.05) is 16.4 Å². The second-order valence-electron chi connectivity index (χ2n) is 2.75. The maximum absolute atomic E-state index is 12.1. The Bertz CT molecular complexity index is 361. The predicted molar refractivity (Wildman–Crippen MR) is 44.3 cm³/mol. The van der Waals surface area contributed by atoms with Crippen molar-refractivity contribution in [2.75, 3.05) is 0 Å². The van der Waals surface area contributed by atoms with Gasteiger partial charge in [0.15, 0.2) is 0 Å². The monoisotopic (exact) mass is 281 g/mol. The molecule has 0 unspecified atom stereocenters. The van der Waals surface area contributed by atoms with Crippen molar-refractivity contribution in [3.8, 4) is 5.19 Å². The van der Waals surface area contributed by atoms with Crippen molar-refractivity contribution in [3.63, 3.8) is 0 Å². The highest BCUT2D eigenvalue weighted by Crippen LogP contribution is 2.36. The van der Waals surface area contributed by atoms with Gasteiger partial charge in [0.25, 0.3) is 11.3 Å². The topological polar surface area (TPSA) is 61.0 Å². The van der Waals surface area contributed by atoms with Crippen molar-refractivity contribution >= 4 is 11.3 Å². The van der Waals surface area contributed by atoms with Gasteiger partial charge in [0, 0.05) is 6.54 Å². The number of nitrogens with zero attached hydrogens (tertiary/aromatic N) is 2. The fraction of sp³-hybridized carbons (Fsp3) is 0.667. The minimum absolute atomic E-state index is 0.0723. The SMILES string of the molecule is NCc1nnc(OC(C(F)(F)F)C(F)(F)F)s1. The van der Waals surface area contributed by atoms with Crippen LogP contribution >= 0.6 is 11.3 Å². The van der Waals surface area contributed by atoms with Crippen molar-refractivity contribution in [2.24, 2.45) is 5.73 Å². The molecule has 0 amide bonds. The number of rotatable bonds is 3. The standard InChI is InChI=1S/C6H5F6N3OS/c7-5(8,9)3(6(10,11)12)16-4-15-14-2(1-13)17-4/h3H,1,13H2. The van der Waals surface area contributed by atoms with E-state index in [1.807, 2.05) is 0 Å². The second-order valence-corrected chi connectivity index (χ2v) is 3.77. The smallest absolute Gasteiger partial charge is 0.434 e. The highest BCUT2D eigenvalue weighted by atomic mass is 32.1. The summed E-state index contributed by atoms with van der Waals surface area (Å²) in [6.07, 6.45) is -15.1. The highest BCUT2D eigenvalue weighted by molar-refractivity contribution is 7.13. The second kappa shape index (κ2) is 4.64. The first-order valence-electron chi connectivity index (χ1n) is 3.97. The van der Waals surface area contributed by atoms with Crippen LogP contribution in [0.4, 0.5) is 26.3 Å². The van der Waals surface area contributed by atoms with Gasteiger partial charge in [-0.2, -0.15) is 26.3 Å². The molecule has 1 heterocycles. The molecule has 0 aliphatic heterocycles. The van der Waals surface area contributed by atoms with Gasteiger partial charge in [0.2, 0.25) is 0 Å². The van der Waals surface area contributed by atoms with E-state index in [4.69, 9.17) is 5.73 Å². The van der Waals surface area contributed by atoms with Gasteiger partial charge in [-0.15, -0.1) is 5.10 Å². The Morgan fingerprint density at radius 1 is 1.12 bits per heavy atom. The van der Waals surface area contributed by atoms with Crippen molar-refractivity contribution in [1.29, 1.82) is 0 Å². The lowest BCUT2D eigenvalue weighted by atomic mass is 10.3.